The first-order valence-electron chi connectivity index (χ1n) is 10.3. The van der Waals surface area contributed by atoms with Gasteiger partial charge < -0.3 is 25.0 Å². The Labute approximate surface area is 191 Å². The highest BCUT2D eigenvalue weighted by molar-refractivity contribution is 6.34. The van der Waals surface area contributed by atoms with Gasteiger partial charge in [-0.25, -0.2) is 9.78 Å². The van der Waals surface area contributed by atoms with Crippen LogP contribution in [0.25, 0.3) is 0 Å². The van der Waals surface area contributed by atoms with Gasteiger partial charge in [0.05, 0.1) is 19.0 Å². The zero-order chi connectivity index (χ0) is 22.3. The maximum absolute atomic E-state index is 12.2. The number of urea groups is 1. The van der Waals surface area contributed by atoms with Gasteiger partial charge in [0.15, 0.2) is 11.6 Å². The van der Waals surface area contributed by atoms with E-state index in [1.165, 1.54) is 0 Å². The molecule has 3 heterocycles. The van der Waals surface area contributed by atoms with Gasteiger partial charge >= 0.3 is 6.03 Å². The molecule has 1 aliphatic rings. The van der Waals surface area contributed by atoms with Crippen LogP contribution in [0.15, 0.2) is 61.1 Å². The molecule has 0 aliphatic carbocycles. The third-order valence-corrected chi connectivity index (χ3v) is 5.53. The lowest BCUT2D eigenvalue weighted by Gasteiger charge is -2.33. The Morgan fingerprint density at radius 1 is 1.09 bits per heavy atom. The van der Waals surface area contributed by atoms with Crippen LogP contribution in [0.3, 0.4) is 0 Å². The highest BCUT2D eigenvalue weighted by atomic mass is 35.5. The van der Waals surface area contributed by atoms with E-state index in [0.717, 1.165) is 31.7 Å². The summed E-state index contributed by atoms with van der Waals surface area (Å²) in [6.07, 6.45) is 6.52. The van der Waals surface area contributed by atoms with Crippen LogP contribution in [0.1, 0.15) is 12.8 Å². The lowest BCUT2D eigenvalue weighted by molar-refractivity contribution is 0.246. The highest BCUT2D eigenvalue weighted by Crippen LogP contribution is 2.36. The molecule has 9 heteroatoms. The first-order valence-corrected chi connectivity index (χ1v) is 10.7. The third-order valence-electron chi connectivity index (χ3n) is 5.17. The van der Waals surface area contributed by atoms with Crippen molar-refractivity contribution in [3.63, 3.8) is 0 Å². The molecule has 0 spiro atoms. The second-order valence-corrected chi connectivity index (χ2v) is 7.70. The summed E-state index contributed by atoms with van der Waals surface area (Å²) in [5.41, 5.74) is 0.659. The van der Waals surface area contributed by atoms with Gasteiger partial charge in [-0.1, -0.05) is 11.6 Å². The Morgan fingerprint density at radius 3 is 2.53 bits per heavy atom. The van der Waals surface area contributed by atoms with Crippen LogP contribution in [-0.2, 0) is 0 Å². The number of anilines is 2. The van der Waals surface area contributed by atoms with Crippen molar-refractivity contribution in [1.82, 2.24) is 15.3 Å². The predicted molar refractivity (Wildman–Crippen MR) is 124 cm³/mol. The van der Waals surface area contributed by atoms with Crippen LogP contribution < -0.4 is 25.0 Å². The number of carbonyl (C=O) groups excluding carboxylic acids is 1. The lowest BCUT2D eigenvalue weighted by atomic mass is 10.1. The fraction of sp³-hybridized carbons (Fsp3) is 0.261. The van der Waals surface area contributed by atoms with Crippen molar-refractivity contribution in [3.8, 4) is 17.2 Å². The quantitative estimate of drug-likeness (QED) is 0.561. The van der Waals surface area contributed by atoms with E-state index < -0.39 is 0 Å². The van der Waals surface area contributed by atoms with Crippen molar-refractivity contribution >= 4 is 29.1 Å². The smallest absolute Gasteiger partial charge is 0.319 e. The minimum absolute atomic E-state index is 0.0698. The van der Waals surface area contributed by atoms with Crippen LogP contribution in [0.2, 0.25) is 5.02 Å². The van der Waals surface area contributed by atoms with Crippen molar-refractivity contribution in [3.05, 3.63) is 66.1 Å². The minimum atomic E-state index is -0.234. The minimum Gasteiger partial charge on any atom is -0.497 e. The molecule has 166 valence electrons. The number of benzene rings is 1. The van der Waals surface area contributed by atoms with Gasteiger partial charge in [0.25, 0.3) is 0 Å². The fourth-order valence-corrected chi connectivity index (χ4v) is 3.78. The van der Waals surface area contributed by atoms with Crippen LogP contribution in [-0.4, -0.2) is 42.2 Å². The summed E-state index contributed by atoms with van der Waals surface area (Å²) in [4.78, 5) is 22.8. The SMILES string of the molecule is COc1ccc(Oc2ccnc(N3CCC(NC(=O)Nc4cccnc4)CC3)c2Cl)cc1. The van der Waals surface area contributed by atoms with Crippen LogP contribution in [0.5, 0.6) is 17.2 Å². The summed E-state index contributed by atoms with van der Waals surface area (Å²) in [6, 6.07) is 12.4. The summed E-state index contributed by atoms with van der Waals surface area (Å²) in [6.45, 7) is 1.44. The number of aromatic nitrogens is 2. The molecule has 8 nitrogen and oxygen atoms in total. The first kappa shape index (κ1) is 21.7. The number of nitrogens with one attached hydrogen (secondary N) is 2. The van der Waals surface area contributed by atoms with Crippen LogP contribution >= 0.6 is 11.6 Å². The topological polar surface area (TPSA) is 88.6 Å². The van der Waals surface area contributed by atoms with Gasteiger partial charge in [-0.05, 0) is 49.2 Å². The molecule has 0 unspecified atom stereocenters. The monoisotopic (exact) mass is 453 g/mol. The Kier molecular flexibility index (Phi) is 6.91. The second-order valence-electron chi connectivity index (χ2n) is 7.33. The summed E-state index contributed by atoms with van der Waals surface area (Å²) in [5.74, 6) is 2.63. The van der Waals surface area contributed by atoms with E-state index in [2.05, 4.69) is 25.5 Å². The molecule has 0 saturated carbocycles. The number of piperidine rings is 1. The number of hydrogen-bond donors (Lipinski definition) is 2. The number of pyridine rings is 2. The molecule has 0 atom stereocenters. The van der Waals surface area contributed by atoms with E-state index in [9.17, 15) is 4.79 Å². The third kappa shape index (κ3) is 5.39. The molecule has 2 amide bonds. The number of hydrogen-bond acceptors (Lipinski definition) is 6. The number of amides is 2. The van der Waals surface area contributed by atoms with E-state index in [0.29, 0.717) is 28.0 Å². The molecule has 0 bridgehead atoms. The van der Waals surface area contributed by atoms with Gasteiger partial charge in [-0.2, -0.15) is 0 Å². The number of methoxy groups -OCH3 is 1. The Morgan fingerprint density at radius 2 is 1.84 bits per heavy atom. The van der Waals surface area contributed by atoms with Gasteiger partial charge in [0.1, 0.15) is 16.5 Å². The zero-order valence-electron chi connectivity index (χ0n) is 17.6. The van der Waals surface area contributed by atoms with Crippen LogP contribution in [0.4, 0.5) is 16.3 Å². The number of nitrogens with zero attached hydrogens (tertiary/aromatic N) is 3. The molecule has 1 fully saturated rings. The molecule has 2 N–H and O–H groups in total. The van der Waals surface area contributed by atoms with E-state index in [4.69, 9.17) is 21.1 Å². The van der Waals surface area contributed by atoms with Crippen LogP contribution in [0, 0.1) is 0 Å². The second kappa shape index (κ2) is 10.2. The fourth-order valence-electron chi connectivity index (χ4n) is 3.51. The maximum atomic E-state index is 12.2. The number of ether oxygens (including phenoxy) is 2. The Hall–Kier alpha value is -3.52. The molecule has 1 aliphatic heterocycles. The normalized spacial score (nSPS) is 14.0. The average molecular weight is 454 g/mol. The summed E-state index contributed by atoms with van der Waals surface area (Å²) in [7, 11) is 1.62. The predicted octanol–water partition coefficient (Wildman–Crippen LogP) is 4.72. The molecule has 4 rings (SSSR count). The standard InChI is InChI=1S/C23H24ClN5O3/c1-31-18-4-6-19(7-5-18)32-20-8-12-26-22(21(20)24)29-13-9-16(10-14-29)27-23(30)28-17-3-2-11-25-15-17/h2-8,11-12,15-16H,9-10,13-14H2,1H3,(H2,27,28,30). The molecule has 32 heavy (non-hydrogen) atoms. The number of rotatable bonds is 6. The van der Waals surface area contributed by atoms with Crippen molar-refractivity contribution in [2.24, 2.45) is 0 Å². The molecule has 0 radical (unpaired) electrons. The molecular weight excluding hydrogens is 430 g/mol. The molecule has 1 saturated heterocycles. The zero-order valence-corrected chi connectivity index (χ0v) is 18.4. The van der Waals surface area contributed by atoms with Crippen molar-refractivity contribution < 1.29 is 14.3 Å². The first-order chi connectivity index (χ1) is 15.6. The van der Waals surface area contributed by atoms with Gasteiger partial charge in [0, 0.05) is 37.6 Å². The highest BCUT2D eigenvalue weighted by Gasteiger charge is 2.24. The lowest BCUT2D eigenvalue weighted by Crippen LogP contribution is -2.46. The molecule has 1 aromatic carbocycles. The number of carbonyl (C=O) groups is 1. The largest absolute Gasteiger partial charge is 0.497 e. The van der Waals surface area contributed by atoms with Gasteiger partial charge in [0.2, 0.25) is 0 Å². The van der Waals surface area contributed by atoms with Gasteiger partial charge in [-0.15, -0.1) is 0 Å². The number of halogens is 1. The molecular formula is C23H24ClN5O3. The summed E-state index contributed by atoms with van der Waals surface area (Å²) < 4.78 is 11.1. The average Bonchev–Trinajstić information content (AvgIpc) is 2.82. The molecule has 2 aromatic heterocycles. The summed E-state index contributed by atoms with van der Waals surface area (Å²) in [5, 5.41) is 6.27. The molecule has 3 aromatic rings. The summed E-state index contributed by atoms with van der Waals surface area (Å²) >= 11 is 6.62. The van der Waals surface area contributed by atoms with E-state index in [1.807, 2.05) is 24.3 Å². The van der Waals surface area contributed by atoms with E-state index in [1.54, 1.807) is 43.9 Å². The Bertz CT molecular complexity index is 1040. The Balaban J connectivity index is 1.34. The maximum Gasteiger partial charge on any atom is 0.319 e. The van der Waals surface area contributed by atoms with Crippen molar-refractivity contribution in [2.45, 2.75) is 18.9 Å². The van der Waals surface area contributed by atoms with Gasteiger partial charge in [-0.3, -0.25) is 4.98 Å². The van der Waals surface area contributed by atoms with Crippen molar-refractivity contribution in [2.75, 3.05) is 30.4 Å². The van der Waals surface area contributed by atoms with E-state index in [-0.39, 0.29) is 12.1 Å². The van der Waals surface area contributed by atoms with Crippen molar-refractivity contribution in [1.29, 1.82) is 0 Å². The van der Waals surface area contributed by atoms with E-state index >= 15 is 0 Å².